The second-order valence-electron chi connectivity index (χ2n) is 5.92. The minimum Gasteiger partial charge on any atom is -0.495 e. The van der Waals surface area contributed by atoms with Crippen LogP contribution in [0.25, 0.3) is 5.69 Å². The summed E-state index contributed by atoms with van der Waals surface area (Å²) in [5, 5.41) is 3.67. The fourth-order valence-corrected chi connectivity index (χ4v) is 4.73. The lowest BCUT2D eigenvalue weighted by Gasteiger charge is -2.15. The molecule has 0 aliphatic rings. The summed E-state index contributed by atoms with van der Waals surface area (Å²) >= 11 is 13.8. The molecular formula is C19H15Br2ClN4O3S. The third-order valence-electron chi connectivity index (χ3n) is 3.86. The third-order valence-corrected chi connectivity index (χ3v) is 6.33. The summed E-state index contributed by atoms with van der Waals surface area (Å²) in [6.45, 7) is 0. The normalized spacial score (nSPS) is 10.7. The summed E-state index contributed by atoms with van der Waals surface area (Å²) in [5.41, 5.74) is 6.78. The molecule has 0 saturated carbocycles. The van der Waals surface area contributed by atoms with Crippen molar-refractivity contribution in [3.63, 3.8) is 0 Å². The predicted molar refractivity (Wildman–Crippen MR) is 127 cm³/mol. The van der Waals surface area contributed by atoms with Gasteiger partial charge in [-0.25, -0.2) is 0 Å². The van der Waals surface area contributed by atoms with Crippen molar-refractivity contribution in [2.45, 2.75) is 5.16 Å². The third kappa shape index (κ3) is 5.37. The molecule has 3 rings (SSSR count). The van der Waals surface area contributed by atoms with Crippen molar-refractivity contribution >= 4 is 72.6 Å². The van der Waals surface area contributed by atoms with Crippen LogP contribution in [0.15, 0.2) is 61.4 Å². The molecule has 0 bridgehead atoms. The van der Waals surface area contributed by atoms with Crippen LogP contribution >= 0.6 is 55.2 Å². The maximum Gasteiger partial charge on any atom is 0.275 e. The Balaban J connectivity index is 1.81. The van der Waals surface area contributed by atoms with E-state index in [2.05, 4.69) is 42.2 Å². The second kappa shape index (κ2) is 9.86. The van der Waals surface area contributed by atoms with Gasteiger partial charge in [-0.05, 0) is 62.2 Å². The number of nitrogen functional groups attached to an aromatic ring is 1. The van der Waals surface area contributed by atoms with Crippen molar-refractivity contribution in [1.82, 2.24) is 9.55 Å². The van der Waals surface area contributed by atoms with Gasteiger partial charge in [0.05, 0.1) is 23.0 Å². The Kier molecular flexibility index (Phi) is 7.45. The van der Waals surface area contributed by atoms with Crippen LogP contribution < -0.4 is 21.3 Å². The molecule has 1 heterocycles. The summed E-state index contributed by atoms with van der Waals surface area (Å²) in [5.74, 6) is 0.508. The number of carbonyl (C=O) groups excluding carboxylic acids is 1. The molecule has 0 saturated heterocycles. The number of rotatable bonds is 6. The number of carbonyl (C=O) groups is 1. The average molecular weight is 575 g/mol. The number of nitrogens with one attached hydrogen (secondary N) is 1. The number of hydrogen-bond acceptors (Lipinski definition) is 6. The molecule has 11 heteroatoms. The SMILES string of the molecule is COc1cc(NC(=O)CSc2nc(=O)cc(N)n2-c2ccc(Cl)cc2)c(Br)cc1Br. The van der Waals surface area contributed by atoms with Gasteiger partial charge in [0.15, 0.2) is 5.16 Å². The van der Waals surface area contributed by atoms with E-state index < -0.39 is 5.56 Å². The van der Waals surface area contributed by atoms with E-state index in [4.69, 9.17) is 22.1 Å². The van der Waals surface area contributed by atoms with Crippen molar-refractivity contribution in [2.75, 3.05) is 23.9 Å². The topological polar surface area (TPSA) is 99.2 Å². The number of halogens is 3. The van der Waals surface area contributed by atoms with E-state index in [0.717, 1.165) is 16.2 Å². The van der Waals surface area contributed by atoms with E-state index in [0.29, 0.717) is 31.8 Å². The summed E-state index contributed by atoms with van der Waals surface area (Å²) in [6.07, 6.45) is 0. The Hall–Kier alpha value is -2.01. The van der Waals surface area contributed by atoms with E-state index in [9.17, 15) is 9.59 Å². The van der Waals surface area contributed by atoms with Gasteiger partial charge in [0.25, 0.3) is 5.56 Å². The largest absolute Gasteiger partial charge is 0.495 e. The van der Waals surface area contributed by atoms with Gasteiger partial charge in [-0.1, -0.05) is 23.4 Å². The highest BCUT2D eigenvalue weighted by Gasteiger charge is 2.14. The van der Waals surface area contributed by atoms with E-state index in [1.54, 1.807) is 41.0 Å². The number of hydrogen-bond donors (Lipinski definition) is 2. The van der Waals surface area contributed by atoms with Gasteiger partial charge in [0, 0.05) is 27.3 Å². The van der Waals surface area contributed by atoms with Crippen LogP contribution in [0.5, 0.6) is 5.75 Å². The summed E-state index contributed by atoms with van der Waals surface area (Å²) in [7, 11) is 1.54. The molecule has 30 heavy (non-hydrogen) atoms. The lowest BCUT2D eigenvalue weighted by Crippen LogP contribution is -2.19. The van der Waals surface area contributed by atoms with Crippen LogP contribution in [0.1, 0.15) is 0 Å². The molecule has 2 aromatic carbocycles. The van der Waals surface area contributed by atoms with E-state index in [1.807, 2.05) is 0 Å². The number of aromatic nitrogens is 2. The van der Waals surface area contributed by atoms with Gasteiger partial charge in [-0.3, -0.25) is 14.2 Å². The Bertz CT molecular complexity index is 1160. The molecule has 0 radical (unpaired) electrons. The second-order valence-corrected chi connectivity index (χ2v) is 9.00. The highest BCUT2D eigenvalue weighted by atomic mass is 79.9. The number of anilines is 2. The maximum absolute atomic E-state index is 12.5. The van der Waals surface area contributed by atoms with E-state index in [1.165, 1.54) is 13.2 Å². The van der Waals surface area contributed by atoms with Crippen molar-refractivity contribution in [3.8, 4) is 11.4 Å². The molecule has 0 fully saturated rings. The molecule has 1 amide bonds. The first-order valence-electron chi connectivity index (χ1n) is 8.39. The van der Waals surface area contributed by atoms with Crippen LogP contribution in [0.3, 0.4) is 0 Å². The quantitative estimate of drug-likeness (QED) is 0.326. The van der Waals surface area contributed by atoms with Gasteiger partial charge >= 0.3 is 0 Å². The Labute approximate surface area is 198 Å². The zero-order chi connectivity index (χ0) is 21.8. The van der Waals surface area contributed by atoms with Crippen molar-refractivity contribution in [2.24, 2.45) is 0 Å². The first-order chi connectivity index (χ1) is 14.3. The Morgan fingerprint density at radius 2 is 1.93 bits per heavy atom. The summed E-state index contributed by atoms with van der Waals surface area (Å²) in [6, 6.07) is 11.6. The predicted octanol–water partition coefficient (Wildman–Crippen LogP) is 4.73. The van der Waals surface area contributed by atoms with Crippen LogP contribution in [-0.4, -0.2) is 28.3 Å². The highest BCUT2D eigenvalue weighted by molar-refractivity contribution is 9.11. The summed E-state index contributed by atoms with van der Waals surface area (Å²) in [4.78, 5) is 28.4. The molecule has 0 unspecified atom stereocenters. The minimum atomic E-state index is -0.485. The van der Waals surface area contributed by atoms with Gasteiger partial charge in [0.2, 0.25) is 5.91 Å². The first kappa shape index (κ1) is 22.7. The molecule has 1 aromatic heterocycles. The lowest BCUT2D eigenvalue weighted by atomic mass is 10.3. The summed E-state index contributed by atoms with van der Waals surface area (Å²) < 4.78 is 8.29. The fraction of sp³-hybridized carbons (Fsp3) is 0.105. The minimum absolute atomic E-state index is 0.00824. The molecule has 0 atom stereocenters. The number of methoxy groups -OCH3 is 1. The lowest BCUT2D eigenvalue weighted by molar-refractivity contribution is -0.113. The smallest absolute Gasteiger partial charge is 0.275 e. The number of nitrogens with two attached hydrogens (primary N) is 1. The van der Waals surface area contributed by atoms with Crippen LogP contribution in [0.2, 0.25) is 5.02 Å². The molecule has 156 valence electrons. The van der Waals surface area contributed by atoms with Crippen molar-refractivity contribution < 1.29 is 9.53 Å². The number of nitrogens with zero attached hydrogens (tertiary/aromatic N) is 2. The Morgan fingerprint density at radius 1 is 1.23 bits per heavy atom. The fourth-order valence-electron chi connectivity index (χ4n) is 2.52. The average Bonchev–Trinajstić information content (AvgIpc) is 2.69. The molecule has 3 N–H and O–H groups in total. The maximum atomic E-state index is 12.5. The van der Waals surface area contributed by atoms with Gasteiger partial charge in [-0.15, -0.1) is 0 Å². The molecule has 0 aliphatic heterocycles. The zero-order valence-corrected chi connectivity index (χ0v) is 20.2. The van der Waals surface area contributed by atoms with Gasteiger partial charge < -0.3 is 15.8 Å². The first-order valence-corrected chi connectivity index (χ1v) is 11.3. The Morgan fingerprint density at radius 3 is 2.60 bits per heavy atom. The number of amides is 1. The van der Waals surface area contributed by atoms with Crippen LogP contribution in [-0.2, 0) is 4.79 Å². The number of ether oxygens (including phenoxy) is 1. The molecule has 0 aliphatic carbocycles. The van der Waals surface area contributed by atoms with Gasteiger partial charge in [-0.2, -0.15) is 4.98 Å². The standard InChI is InChI=1S/C19H15Br2ClN4O3S/c1-29-15-7-14(12(20)6-13(15)21)24-18(28)9-30-19-25-17(27)8-16(23)26(19)11-4-2-10(22)3-5-11/h2-8H,9,23H2,1H3,(H,24,28). The molecule has 3 aromatic rings. The zero-order valence-electron chi connectivity index (χ0n) is 15.5. The van der Waals surface area contributed by atoms with Gasteiger partial charge in [0.1, 0.15) is 11.6 Å². The van der Waals surface area contributed by atoms with Crippen LogP contribution in [0, 0.1) is 0 Å². The van der Waals surface area contributed by atoms with Crippen LogP contribution in [0.4, 0.5) is 11.5 Å². The molecular weight excluding hydrogens is 560 g/mol. The van der Waals surface area contributed by atoms with E-state index >= 15 is 0 Å². The number of thioether (sulfide) groups is 1. The van der Waals surface area contributed by atoms with Crippen molar-refractivity contribution in [3.05, 3.63) is 66.8 Å². The number of benzene rings is 2. The molecule has 7 nitrogen and oxygen atoms in total. The van der Waals surface area contributed by atoms with Crippen molar-refractivity contribution in [1.29, 1.82) is 0 Å². The highest BCUT2D eigenvalue weighted by Crippen LogP contribution is 2.34. The van der Waals surface area contributed by atoms with E-state index in [-0.39, 0.29) is 17.5 Å². The monoisotopic (exact) mass is 572 g/mol. The molecule has 0 spiro atoms.